The molecule has 0 aliphatic carbocycles. The van der Waals surface area contributed by atoms with Crippen molar-refractivity contribution < 1.29 is 14.3 Å². The summed E-state index contributed by atoms with van der Waals surface area (Å²) in [5.74, 6) is -0.277. The SMILES string of the molecule is CC1(C(=O)N2CCCC2)Oc2ccc(Cl)cc2NC1=O. The molecule has 1 unspecified atom stereocenters. The molecule has 2 heterocycles. The molecule has 0 spiro atoms. The third-order valence-corrected chi connectivity index (χ3v) is 3.97. The predicted octanol–water partition coefficient (Wildman–Crippen LogP) is 2.05. The summed E-state index contributed by atoms with van der Waals surface area (Å²) in [6.07, 6.45) is 1.94. The van der Waals surface area contributed by atoms with E-state index in [1.54, 1.807) is 23.1 Å². The van der Waals surface area contributed by atoms with Crippen molar-refractivity contribution in [2.75, 3.05) is 18.4 Å². The average Bonchev–Trinajstić information content (AvgIpc) is 2.93. The zero-order valence-electron chi connectivity index (χ0n) is 11.1. The van der Waals surface area contributed by atoms with Gasteiger partial charge in [0.1, 0.15) is 5.75 Å². The second-order valence-electron chi connectivity index (χ2n) is 5.23. The largest absolute Gasteiger partial charge is 0.466 e. The first-order valence-corrected chi connectivity index (χ1v) is 6.98. The third-order valence-electron chi connectivity index (χ3n) is 3.74. The van der Waals surface area contributed by atoms with Crippen LogP contribution in [0.4, 0.5) is 5.69 Å². The Bertz CT molecular complexity index is 584. The maximum Gasteiger partial charge on any atom is 0.278 e. The second kappa shape index (κ2) is 4.66. The van der Waals surface area contributed by atoms with Crippen LogP contribution in [0, 0.1) is 0 Å². The van der Waals surface area contributed by atoms with Gasteiger partial charge in [-0.1, -0.05) is 11.6 Å². The Morgan fingerprint density at radius 2 is 2.10 bits per heavy atom. The van der Waals surface area contributed by atoms with Crippen LogP contribution in [0.3, 0.4) is 0 Å². The van der Waals surface area contributed by atoms with Crippen molar-refractivity contribution in [1.82, 2.24) is 4.90 Å². The van der Waals surface area contributed by atoms with Gasteiger partial charge in [-0.3, -0.25) is 9.59 Å². The van der Waals surface area contributed by atoms with Gasteiger partial charge in [0.25, 0.3) is 17.4 Å². The first-order valence-electron chi connectivity index (χ1n) is 6.60. The number of hydrogen-bond acceptors (Lipinski definition) is 3. The zero-order valence-corrected chi connectivity index (χ0v) is 11.9. The fraction of sp³-hybridized carbons (Fsp3) is 0.429. The normalized spacial score (nSPS) is 24.9. The van der Waals surface area contributed by atoms with Gasteiger partial charge in [-0.25, -0.2) is 0 Å². The Hall–Kier alpha value is -1.75. The van der Waals surface area contributed by atoms with Crippen LogP contribution in [0.1, 0.15) is 19.8 Å². The van der Waals surface area contributed by atoms with E-state index >= 15 is 0 Å². The van der Waals surface area contributed by atoms with E-state index in [9.17, 15) is 9.59 Å². The lowest BCUT2D eigenvalue weighted by atomic mass is 10.0. The van der Waals surface area contributed by atoms with Gasteiger partial charge in [-0.15, -0.1) is 0 Å². The van der Waals surface area contributed by atoms with Crippen molar-refractivity contribution in [1.29, 1.82) is 0 Å². The van der Waals surface area contributed by atoms with Crippen molar-refractivity contribution in [3.8, 4) is 5.75 Å². The lowest BCUT2D eigenvalue weighted by Gasteiger charge is -2.35. The molecular formula is C14H15ClN2O3. The van der Waals surface area contributed by atoms with Gasteiger partial charge in [-0.2, -0.15) is 0 Å². The molecule has 1 aromatic rings. The maximum absolute atomic E-state index is 12.5. The van der Waals surface area contributed by atoms with E-state index in [0.29, 0.717) is 29.5 Å². The Morgan fingerprint density at radius 3 is 2.80 bits per heavy atom. The van der Waals surface area contributed by atoms with E-state index in [-0.39, 0.29) is 5.91 Å². The highest BCUT2D eigenvalue weighted by atomic mass is 35.5. The van der Waals surface area contributed by atoms with E-state index in [1.165, 1.54) is 6.92 Å². The lowest BCUT2D eigenvalue weighted by molar-refractivity contribution is -0.153. The van der Waals surface area contributed by atoms with E-state index in [2.05, 4.69) is 5.32 Å². The number of nitrogens with one attached hydrogen (secondary N) is 1. The van der Waals surface area contributed by atoms with Gasteiger partial charge in [0.2, 0.25) is 0 Å². The van der Waals surface area contributed by atoms with Gasteiger partial charge in [-0.05, 0) is 38.0 Å². The molecule has 5 nitrogen and oxygen atoms in total. The number of amides is 2. The number of ether oxygens (including phenoxy) is 1. The smallest absolute Gasteiger partial charge is 0.278 e. The summed E-state index contributed by atoms with van der Waals surface area (Å²) < 4.78 is 5.70. The summed E-state index contributed by atoms with van der Waals surface area (Å²) in [5.41, 5.74) is -1.01. The number of nitrogens with zero attached hydrogens (tertiary/aromatic N) is 1. The number of carbonyl (C=O) groups excluding carboxylic acids is 2. The van der Waals surface area contributed by atoms with Gasteiger partial charge in [0.05, 0.1) is 5.69 Å². The van der Waals surface area contributed by atoms with Crippen LogP contribution in [0.15, 0.2) is 18.2 Å². The molecule has 1 aromatic carbocycles. The van der Waals surface area contributed by atoms with Gasteiger partial charge < -0.3 is 15.0 Å². The Balaban J connectivity index is 1.92. The molecule has 1 fully saturated rings. The summed E-state index contributed by atoms with van der Waals surface area (Å²) in [6, 6.07) is 4.93. The number of anilines is 1. The number of likely N-dealkylation sites (tertiary alicyclic amines) is 1. The number of carbonyl (C=O) groups is 2. The molecule has 1 atom stereocenters. The van der Waals surface area contributed by atoms with Crippen molar-refractivity contribution in [2.45, 2.75) is 25.4 Å². The minimum absolute atomic E-state index is 0.284. The van der Waals surface area contributed by atoms with Crippen molar-refractivity contribution in [3.63, 3.8) is 0 Å². The van der Waals surface area contributed by atoms with Gasteiger partial charge in [0.15, 0.2) is 0 Å². The van der Waals surface area contributed by atoms with E-state index < -0.39 is 11.5 Å². The lowest BCUT2D eigenvalue weighted by Crippen LogP contribution is -2.59. The summed E-state index contributed by atoms with van der Waals surface area (Å²) in [4.78, 5) is 26.5. The number of halogens is 1. The molecule has 0 bridgehead atoms. The third kappa shape index (κ3) is 2.02. The monoisotopic (exact) mass is 294 g/mol. The fourth-order valence-corrected chi connectivity index (χ4v) is 2.73. The Morgan fingerprint density at radius 1 is 1.40 bits per heavy atom. The number of rotatable bonds is 1. The molecule has 2 aliphatic rings. The molecule has 1 N–H and O–H groups in total. The first-order chi connectivity index (χ1) is 9.50. The van der Waals surface area contributed by atoms with E-state index in [1.807, 2.05) is 0 Å². The Labute approximate surface area is 121 Å². The summed E-state index contributed by atoms with van der Waals surface area (Å²) in [7, 11) is 0. The molecule has 0 saturated carbocycles. The van der Waals surface area contributed by atoms with Crippen LogP contribution in [-0.2, 0) is 9.59 Å². The highest BCUT2D eigenvalue weighted by Crippen LogP contribution is 2.36. The first kappa shape index (κ1) is 13.2. The topological polar surface area (TPSA) is 58.6 Å². The van der Waals surface area contributed by atoms with Crippen LogP contribution in [0.5, 0.6) is 5.75 Å². The van der Waals surface area contributed by atoms with Crippen molar-refractivity contribution in [3.05, 3.63) is 23.2 Å². The van der Waals surface area contributed by atoms with Crippen LogP contribution < -0.4 is 10.1 Å². The quantitative estimate of drug-likeness (QED) is 0.807. The number of benzene rings is 1. The molecule has 1 saturated heterocycles. The highest BCUT2D eigenvalue weighted by molar-refractivity contribution is 6.31. The maximum atomic E-state index is 12.5. The van der Waals surface area contributed by atoms with Crippen molar-refractivity contribution >= 4 is 29.1 Å². The van der Waals surface area contributed by atoms with Gasteiger partial charge in [0, 0.05) is 18.1 Å². The molecule has 20 heavy (non-hydrogen) atoms. The predicted molar refractivity (Wildman–Crippen MR) is 74.9 cm³/mol. The van der Waals surface area contributed by atoms with E-state index in [0.717, 1.165) is 12.8 Å². The summed E-state index contributed by atoms with van der Waals surface area (Å²) in [6.45, 7) is 2.87. The summed E-state index contributed by atoms with van der Waals surface area (Å²) >= 11 is 5.88. The minimum atomic E-state index is -1.51. The Kier molecular flexibility index (Phi) is 3.09. The second-order valence-corrected chi connectivity index (χ2v) is 5.67. The van der Waals surface area contributed by atoms with Crippen LogP contribution >= 0.6 is 11.6 Å². The van der Waals surface area contributed by atoms with E-state index in [4.69, 9.17) is 16.3 Å². The molecule has 0 aromatic heterocycles. The molecule has 3 rings (SSSR count). The van der Waals surface area contributed by atoms with Crippen LogP contribution in [0.25, 0.3) is 0 Å². The average molecular weight is 295 g/mol. The molecule has 2 aliphatic heterocycles. The molecule has 6 heteroatoms. The number of fused-ring (bicyclic) bond motifs is 1. The highest BCUT2D eigenvalue weighted by Gasteiger charge is 2.49. The summed E-state index contributed by atoms with van der Waals surface area (Å²) in [5, 5.41) is 3.20. The minimum Gasteiger partial charge on any atom is -0.466 e. The fourth-order valence-electron chi connectivity index (χ4n) is 2.56. The standard InChI is InChI=1S/C14H15ClN2O3/c1-14(13(19)17-6-2-3-7-17)12(18)16-10-8-9(15)4-5-11(10)20-14/h4-5,8H,2-3,6-7H2,1H3,(H,16,18). The number of hydrogen-bond donors (Lipinski definition) is 1. The van der Waals surface area contributed by atoms with Crippen molar-refractivity contribution in [2.24, 2.45) is 0 Å². The molecule has 106 valence electrons. The molecule has 0 radical (unpaired) electrons. The van der Waals surface area contributed by atoms with Crippen LogP contribution in [0.2, 0.25) is 5.02 Å². The zero-order chi connectivity index (χ0) is 14.3. The molecular weight excluding hydrogens is 280 g/mol. The van der Waals surface area contributed by atoms with Gasteiger partial charge >= 0.3 is 0 Å². The van der Waals surface area contributed by atoms with Crippen LogP contribution in [-0.4, -0.2) is 35.4 Å². The molecule has 2 amide bonds.